The van der Waals surface area contributed by atoms with Gasteiger partial charge in [0, 0.05) is 13.1 Å². The maximum absolute atomic E-state index is 11.5. The number of hydrogen-bond donors (Lipinski definition) is 2. The molecule has 0 spiro atoms. The number of rotatable bonds is 6. The second kappa shape index (κ2) is 6.42. The van der Waals surface area contributed by atoms with Gasteiger partial charge in [0.2, 0.25) is 5.91 Å². The Balaban J connectivity index is 2.84. The monoisotopic (exact) mass is 239 g/mol. The van der Waals surface area contributed by atoms with Crippen LogP contribution >= 0.6 is 0 Å². The molecule has 2 unspecified atom stereocenters. The number of likely N-dealkylation sites (N-methyl/N-ethyl adjacent to an activating group) is 2. The van der Waals surface area contributed by atoms with Crippen molar-refractivity contribution in [3.8, 4) is 0 Å². The zero-order valence-corrected chi connectivity index (χ0v) is 10.6. The van der Waals surface area contributed by atoms with Crippen LogP contribution in [-0.2, 0) is 4.79 Å². The van der Waals surface area contributed by atoms with Gasteiger partial charge in [-0.05, 0) is 25.6 Å². The molecule has 1 aromatic heterocycles. The Kier molecular flexibility index (Phi) is 5.18. The number of hydrogen-bond acceptors (Lipinski definition) is 4. The predicted octanol–water partition coefficient (Wildman–Crippen LogP) is 0.736. The van der Waals surface area contributed by atoms with Crippen molar-refractivity contribution >= 4 is 5.91 Å². The van der Waals surface area contributed by atoms with E-state index in [0.717, 1.165) is 12.3 Å². The molecule has 0 aliphatic carbocycles. The molecule has 3 N–H and O–H groups in total. The minimum Gasteiger partial charge on any atom is -0.468 e. The molecular formula is C12H21N3O2. The van der Waals surface area contributed by atoms with E-state index in [1.54, 1.807) is 13.3 Å². The van der Waals surface area contributed by atoms with Crippen molar-refractivity contribution in [2.24, 2.45) is 5.73 Å². The lowest BCUT2D eigenvalue weighted by molar-refractivity contribution is -0.122. The molecule has 0 saturated heterocycles. The van der Waals surface area contributed by atoms with Crippen LogP contribution in [0, 0.1) is 0 Å². The molecule has 0 aliphatic heterocycles. The van der Waals surface area contributed by atoms with Crippen molar-refractivity contribution in [1.29, 1.82) is 0 Å². The Bertz CT molecular complexity index is 336. The van der Waals surface area contributed by atoms with Gasteiger partial charge in [-0.25, -0.2) is 0 Å². The summed E-state index contributed by atoms with van der Waals surface area (Å²) in [6.45, 7) is 4.97. The van der Waals surface area contributed by atoms with Gasteiger partial charge in [0.05, 0.1) is 18.8 Å². The average Bonchev–Trinajstić information content (AvgIpc) is 2.80. The van der Waals surface area contributed by atoms with Crippen LogP contribution in [0.1, 0.15) is 25.6 Å². The van der Waals surface area contributed by atoms with E-state index in [4.69, 9.17) is 10.2 Å². The van der Waals surface area contributed by atoms with Gasteiger partial charge in [-0.2, -0.15) is 0 Å². The maximum Gasteiger partial charge on any atom is 0.233 e. The molecule has 1 rings (SSSR count). The summed E-state index contributed by atoms with van der Waals surface area (Å²) in [5.41, 5.74) is 5.99. The summed E-state index contributed by atoms with van der Waals surface area (Å²) >= 11 is 0. The van der Waals surface area contributed by atoms with Gasteiger partial charge >= 0.3 is 0 Å². The molecule has 0 radical (unpaired) electrons. The summed E-state index contributed by atoms with van der Waals surface area (Å²) in [6.07, 6.45) is 1.62. The lowest BCUT2D eigenvalue weighted by atomic mass is 10.1. The molecule has 5 heteroatoms. The van der Waals surface area contributed by atoms with Crippen molar-refractivity contribution < 1.29 is 9.21 Å². The summed E-state index contributed by atoms with van der Waals surface area (Å²) in [7, 11) is 1.63. The first-order valence-electron chi connectivity index (χ1n) is 5.83. The fraction of sp³-hybridized carbons (Fsp3) is 0.583. The summed E-state index contributed by atoms with van der Waals surface area (Å²) < 4.78 is 5.40. The van der Waals surface area contributed by atoms with E-state index >= 15 is 0 Å². The summed E-state index contributed by atoms with van der Waals surface area (Å²) in [5.74, 6) is 0.773. The molecule has 0 saturated carbocycles. The number of carbonyl (C=O) groups excluding carboxylic acids is 1. The minimum atomic E-state index is -0.106. The van der Waals surface area contributed by atoms with Crippen LogP contribution in [0.15, 0.2) is 22.8 Å². The zero-order valence-electron chi connectivity index (χ0n) is 10.6. The predicted molar refractivity (Wildman–Crippen MR) is 66.4 cm³/mol. The molecule has 1 amide bonds. The smallest absolute Gasteiger partial charge is 0.233 e. The summed E-state index contributed by atoms with van der Waals surface area (Å²) in [5, 5.41) is 2.62. The van der Waals surface area contributed by atoms with Crippen LogP contribution < -0.4 is 11.1 Å². The van der Waals surface area contributed by atoms with Crippen LogP contribution in [0.4, 0.5) is 0 Å². The highest BCUT2D eigenvalue weighted by atomic mass is 16.3. The van der Waals surface area contributed by atoms with E-state index in [1.165, 1.54) is 0 Å². The Hall–Kier alpha value is -1.33. The third kappa shape index (κ3) is 3.57. The van der Waals surface area contributed by atoms with E-state index in [1.807, 2.05) is 30.9 Å². The Labute approximate surface area is 102 Å². The van der Waals surface area contributed by atoms with Crippen molar-refractivity contribution in [3.63, 3.8) is 0 Å². The maximum atomic E-state index is 11.5. The molecule has 1 aromatic rings. The van der Waals surface area contributed by atoms with Crippen molar-refractivity contribution in [2.45, 2.75) is 25.9 Å². The van der Waals surface area contributed by atoms with Crippen LogP contribution in [0.2, 0.25) is 0 Å². The molecule has 0 fully saturated rings. The number of nitrogens with zero attached hydrogens (tertiary/aromatic N) is 1. The zero-order chi connectivity index (χ0) is 12.8. The van der Waals surface area contributed by atoms with E-state index in [9.17, 15) is 4.79 Å². The highest BCUT2D eigenvalue weighted by Crippen LogP contribution is 2.23. The fourth-order valence-electron chi connectivity index (χ4n) is 1.90. The number of carbonyl (C=O) groups is 1. The molecule has 1 heterocycles. The van der Waals surface area contributed by atoms with Crippen LogP contribution in [0.25, 0.3) is 0 Å². The number of amides is 1. The van der Waals surface area contributed by atoms with Crippen LogP contribution in [0.5, 0.6) is 0 Å². The summed E-state index contributed by atoms with van der Waals surface area (Å²) in [4.78, 5) is 13.5. The third-order valence-electron chi connectivity index (χ3n) is 2.76. The molecule has 2 atom stereocenters. The van der Waals surface area contributed by atoms with Crippen molar-refractivity contribution in [2.75, 3.05) is 20.1 Å². The molecule has 0 aromatic carbocycles. The first-order valence-corrected chi connectivity index (χ1v) is 5.83. The Morgan fingerprint density at radius 1 is 1.65 bits per heavy atom. The molecule has 17 heavy (non-hydrogen) atoms. The number of nitrogens with two attached hydrogens (primary N) is 1. The molecule has 0 bridgehead atoms. The van der Waals surface area contributed by atoms with Gasteiger partial charge in [-0.3, -0.25) is 9.69 Å². The van der Waals surface area contributed by atoms with Gasteiger partial charge < -0.3 is 15.5 Å². The lowest BCUT2D eigenvalue weighted by Gasteiger charge is -2.31. The van der Waals surface area contributed by atoms with Gasteiger partial charge in [-0.1, -0.05) is 6.92 Å². The second-order valence-electron chi connectivity index (χ2n) is 4.06. The van der Waals surface area contributed by atoms with Gasteiger partial charge in [0.1, 0.15) is 5.76 Å². The van der Waals surface area contributed by atoms with E-state index in [-0.39, 0.29) is 18.0 Å². The largest absolute Gasteiger partial charge is 0.468 e. The number of furan rings is 1. The normalized spacial score (nSPS) is 14.6. The SMILES string of the molecule is CCN(CC(=O)NC)C(c1ccco1)C(C)N. The van der Waals surface area contributed by atoms with Gasteiger partial charge in [-0.15, -0.1) is 0 Å². The quantitative estimate of drug-likeness (QED) is 0.768. The van der Waals surface area contributed by atoms with Crippen LogP contribution in [0.3, 0.4) is 0 Å². The van der Waals surface area contributed by atoms with E-state index in [2.05, 4.69) is 5.32 Å². The highest BCUT2D eigenvalue weighted by molar-refractivity contribution is 5.77. The standard InChI is InChI=1S/C12H21N3O2/c1-4-15(8-11(16)14-3)12(9(2)13)10-6-5-7-17-10/h5-7,9,12H,4,8,13H2,1-3H3,(H,14,16). The molecular weight excluding hydrogens is 218 g/mol. The van der Waals surface area contributed by atoms with Gasteiger partial charge in [0.15, 0.2) is 0 Å². The van der Waals surface area contributed by atoms with E-state index in [0.29, 0.717) is 6.54 Å². The second-order valence-corrected chi connectivity index (χ2v) is 4.06. The highest BCUT2D eigenvalue weighted by Gasteiger charge is 2.26. The van der Waals surface area contributed by atoms with Gasteiger partial charge in [0.25, 0.3) is 0 Å². The topological polar surface area (TPSA) is 71.5 Å². The Morgan fingerprint density at radius 3 is 2.76 bits per heavy atom. The first kappa shape index (κ1) is 13.7. The first-order chi connectivity index (χ1) is 8.10. The van der Waals surface area contributed by atoms with E-state index < -0.39 is 0 Å². The average molecular weight is 239 g/mol. The third-order valence-corrected chi connectivity index (χ3v) is 2.76. The summed E-state index contributed by atoms with van der Waals surface area (Å²) in [6, 6.07) is 3.54. The fourth-order valence-corrected chi connectivity index (χ4v) is 1.90. The number of nitrogens with one attached hydrogen (secondary N) is 1. The Morgan fingerprint density at radius 2 is 2.35 bits per heavy atom. The van der Waals surface area contributed by atoms with Crippen molar-refractivity contribution in [3.05, 3.63) is 24.2 Å². The minimum absolute atomic E-state index is 0.0240. The molecule has 5 nitrogen and oxygen atoms in total. The molecule has 96 valence electrons. The van der Waals surface area contributed by atoms with Crippen LogP contribution in [-0.4, -0.2) is 37.0 Å². The van der Waals surface area contributed by atoms with Crippen molar-refractivity contribution in [1.82, 2.24) is 10.2 Å². The molecule has 0 aliphatic rings. The lowest BCUT2D eigenvalue weighted by Crippen LogP contribution is -2.44.